The van der Waals surface area contributed by atoms with Gasteiger partial charge in [-0.1, -0.05) is 24.3 Å². The fourth-order valence-electron chi connectivity index (χ4n) is 4.61. The Morgan fingerprint density at radius 3 is 1.97 bits per heavy atom. The van der Waals surface area contributed by atoms with Crippen molar-refractivity contribution in [3.05, 3.63) is 57.6 Å². The Morgan fingerprint density at radius 1 is 1.00 bits per heavy atom. The van der Waals surface area contributed by atoms with E-state index in [9.17, 15) is 29.3 Å². The van der Waals surface area contributed by atoms with E-state index in [0.717, 1.165) is 0 Å². The van der Waals surface area contributed by atoms with Crippen molar-refractivity contribution < 1.29 is 38.8 Å². The highest BCUT2D eigenvalue weighted by atomic mass is 19.1. The number of hydrogen-bond acceptors (Lipinski definition) is 7. The third-order valence-corrected chi connectivity index (χ3v) is 6.33. The molecule has 7 nitrogen and oxygen atoms in total. The Labute approximate surface area is 171 Å². The van der Waals surface area contributed by atoms with Crippen LogP contribution in [-0.2, 0) is 22.3 Å². The van der Waals surface area contributed by atoms with Gasteiger partial charge in [-0.25, -0.2) is 4.39 Å². The van der Waals surface area contributed by atoms with E-state index in [1.807, 2.05) is 0 Å². The van der Waals surface area contributed by atoms with Crippen LogP contribution in [0.1, 0.15) is 49.4 Å². The van der Waals surface area contributed by atoms with Gasteiger partial charge >= 0.3 is 0 Å². The van der Waals surface area contributed by atoms with Crippen molar-refractivity contribution in [3.8, 4) is 11.5 Å². The maximum absolute atomic E-state index is 13.8. The molecule has 0 amide bonds. The molecule has 0 bridgehead atoms. The molecule has 2 aromatic rings. The van der Waals surface area contributed by atoms with E-state index in [0.29, 0.717) is 0 Å². The summed E-state index contributed by atoms with van der Waals surface area (Å²) in [6.07, 6.45) is -0.393. The zero-order valence-corrected chi connectivity index (χ0v) is 16.5. The van der Waals surface area contributed by atoms with Gasteiger partial charge in [-0.05, 0) is 12.8 Å². The minimum absolute atomic E-state index is 0.0100. The molecule has 0 aromatic heterocycles. The lowest BCUT2D eigenvalue weighted by Gasteiger charge is -2.46. The number of halogens is 1. The molecule has 0 aliphatic heterocycles. The topological polar surface area (TPSA) is 113 Å². The zero-order chi connectivity index (χ0) is 21.8. The fourth-order valence-corrected chi connectivity index (χ4v) is 4.61. The van der Waals surface area contributed by atoms with E-state index in [1.165, 1.54) is 26.4 Å². The highest BCUT2D eigenvalue weighted by Crippen LogP contribution is 2.49. The second-order valence-corrected chi connectivity index (χ2v) is 7.61. The van der Waals surface area contributed by atoms with Crippen molar-refractivity contribution in [1.82, 2.24) is 0 Å². The van der Waals surface area contributed by atoms with E-state index in [2.05, 4.69) is 0 Å². The zero-order valence-electron chi connectivity index (χ0n) is 16.5. The van der Waals surface area contributed by atoms with Gasteiger partial charge in [0.1, 0.15) is 23.8 Å². The molecule has 8 heteroatoms. The molecule has 0 saturated heterocycles. The average Bonchev–Trinajstić information content (AvgIpc) is 2.76. The molecule has 1 atom stereocenters. The quantitative estimate of drug-likeness (QED) is 0.441. The largest absolute Gasteiger partial charge is 0.507 e. The monoisotopic (exact) mass is 416 g/mol. The molecule has 3 N–H and O–H groups in total. The molecule has 0 saturated carbocycles. The Bertz CT molecular complexity index is 1070. The number of benzene rings is 2. The van der Waals surface area contributed by atoms with Gasteiger partial charge in [0.2, 0.25) is 5.79 Å². The van der Waals surface area contributed by atoms with Gasteiger partial charge in [-0.15, -0.1) is 0 Å². The third-order valence-electron chi connectivity index (χ3n) is 6.33. The summed E-state index contributed by atoms with van der Waals surface area (Å²) in [5.41, 5.74) is -1.90. The summed E-state index contributed by atoms with van der Waals surface area (Å²) in [7, 11) is 2.39. The summed E-state index contributed by atoms with van der Waals surface area (Å²) < 4.78 is 24.1. The molecule has 0 radical (unpaired) electrons. The molecule has 4 rings (SSSR count). The summed E-state index contributed by atoms with van der Waals surface area (Å²) in [4.78, 5) is 26.0. The summed E-state index contributed by atoms with van der Waals surface area (Å²) in [6.45, 7) is -1.16. The molecule has 2 aliphatic rings. The molecule has 0 spiro atoms. The summed E-state index contributed by atoms with van der Waals surface area (Å²) in [6, 6.07) is 6.15. The molecule has 0 fully saturated rings. The maximum Gasteiger partial charge on any atom is 0.226 e. The van der Waals surface area contributed by atoms with Crippen molar-refractivity contribution in [2.75, 3.05) is 20.9 Å². The van der Waals surface area contributed by atoms with Crippen LogP contribution in [0, 0.1) is 0 Å². The lowest BCUT2D eigenvalue weighted by atomic mass is 9.71. The number of hydrogen-bond donors (Lipinski definition) is 3. The first kappa shape index (κ1) is 20.5. The number of aliphatic hydroxyl groups is 1. The van der Waals surface area contributed by atoms with Crippen LogP contribution in [0.4, 0.5) is 4.39 Å². The number of fused-ring (bicyclic) bond motifs is 3. The van der Waals surface area contributed by atoms with Crippen LogP contribution >= 0.6 is 0 Å². The number of phenolic OH excluding ortho intramolecular Hbond substituents is 2. The second kappa shape index (κ2) is 6.87. The maximum atomic E-state index is 13.8. The van der Waals surface area contributed by atoms with Crippen LogP contribution in [0.2, 0.25) is 0 Å². The summed E-state index contributed by atoms with van der Waals surface area (Å²) in [5.74, 6) is -4.09. The minimum atomic E-state index is -1.99. The van der Waals surface area contributed by atoms with Crippen molar-refractivity contribution in [2.45, 2.75) is 30.7 Å². The fraction of sp³-hybridized carbons (Fsp3) is 0.364. The van der Waals surface area contributed by atoms with Gasteiger partial charge in [-0.2, -0.15) is 0 Å². The van der Waals surface area contributed by atoms with Crippen molar-refractivity contribution >= 4 is 11.6 Å². The van der Waals surface area contributed by atoms with Gasteiger partial charge in [0.25, 0.3) is 0 Å². The first-order chi connectivity index (χ1) is 14.2. The highest BCUT2D eigenvalue weighted by Gasteiger charge is 2.55. The number of aromatic hydroxyl groups is 2. The molecule has 30 heavy (non-hydrogen) atoms. The van der Waals surface area contributed by atoms with Crippen molar-refractivity contribution in [2.24, 2.45) is 0 Å². The number of carbonyl (C=O) groups excluding carboxylic acids is 2. The molecular formula is C22H21FO7. The lowest BCUT2D eigenvalue weighted by molar-refractivity contribution is -0.310. The number of alkyl halides is 1. The Hall–Kier alpha value is -2.81. The highest BCUT2D eigenvalue weighted by molar-refractivity contribution is 6.30. The Balaban J connectivity index is 1.92. The summed E-state index contributed by atoms with van der Waals surface area (Å²) in [5, 5.41) is 33.0. The van der Waals surface area contributed by atoms with Gasteiger partial charge in [0.15, 0.2) is 11.6 Å². The number of ether oxygens (including phenoxy) is 2. The number of carbonyl (C=O) groups is 2. The first-order valence-electron chi connectivity index (χ1n) is 9.42. The summed E-state index contributed by atoms with van der Waals surface area (Å²) >= 11 is 0. The predicted molar refractivity (Wildman–Crippen MR) is 103 cm³/mol. The Morgan fingerprint density at radius 2 is 1.50 bits per heavy atom. The van der Waals surface area contributed by atoms with Crippen LogP contribution < -0.4 is 0 Å². The van der Waals surface area contributed by atoms with Crippen molar-refractivity contribution in [1.29, 1.82) is 0 Å². The van der Waals surface area contributed by atoms with Gasteiger partial charge in [0, 0.05) is 42.9 Å². The molecule has 158 valence electrons. The van der Waals surface area contributed by atoms with Crippen LogP contribution in [0.15, 0.2) is 24.3 Å². The van der Waals surface area contributed by atoms with Crippen LogP contribution in [0.3, 0.4) is 0 Å². The molecule has 0 heterocycles. The standard InChI is InChI=1S/C22H21FO7/c1-29-22(10-23,30-2)21(28)8-7-13-14(9-21)20(27)16-15(19(13)26)17(24)11-5-3-4-6-12(11)18(16)25/h3-6,26-28H,7-10H2,1-2H3/t21-/m1/s1. The van der Waals surface area contributed by atoms with E-state index in [1.54, 1.807) is 12.1 Å². The molecule has 2 aliphatic carbocycles. The first-order valence-corrected chi connectivity index (χ1v) is 9.42. The number of phenols is 2. The van der Waals surface area contributed by atoms with Crippen LogP contribution in [0.5, 0.6) is 11.5 Å². The normalized spacial score (nSPS) is 20.5. The van der Waals surface area contributed by atoms with E-state index in [4.69, 9.17) is 9.47 Å². The molecular weight excluding hydrogens is 395 g/mol. The molecule has 0 unspecified atom stereocenters. The average molecular weight is 416 g/mol. The van der Waals surface area contributed by atoms with E-state index < -0.39 is 41.1 Å². The van der Waals surface area contributed by atoms with Gasteiger partial charge in [-0.3, -0.25) is 9.59 Å². The van der Waals surface area contributed by atoms with Gasteiger partial charge in [0.05, 0.1) is 11.1 Å². The smallest absolute Gasteiger partial charge is 0.226 e. The number of ketones is 2. The van der Waals surface area contributed by atoms with E-state index >= 15 is 0 Å². The molecule has 2 aromatic carbocycles. The predicted octanol–water partition coefficient (Wildman–Crippen LogP) is 2.05. The van der Waals surface area contributed by atoms with E-state index in [-0.39, 0.29) is 52.6 Å². The van der Waals surface area contributed by atoms with Crippen molar-refractivity contribution in [3.63, 3.8) is 0 Å². The minimum Gasteiger partial charge on any atom is -0.507 e. The Kier molecular flexibility index (Phi) is 4.68. The lowest BCUT2D eigenvalue weighted by Crippen LogP contribution is -2.61. The van der Waals surface area contributed by atoms with Crippen LogP contribution in [0.25, 0.3) is 0 Å². The van der Waals surface area contributed by atoms with Crippen LogP contribution in [-0.4, -0.2) is 59.2 Å². The number of methoxy groups -OCH3 is 2. The number of rotatable bonds is 4. The van der Waals surface area contributed by atoms with Gasteiger partial charge < -0.3 is 24.8 Å². The second-order valence-electron chi connectivity index (χ2n) is 7.61. The third kappa shape index (κ3) is 2.47. The SMILES string of the molecule is COC(CF)(OC)[C@@]1(O)CCc2c(O)c3c(c(O)c2C1)C(=O)c1ccccc1C3=O.